The fraction of sp³-hybridized carbons (Fsp3) is 0.600. The minimum Gasteiger partial charge on any atom is -0.490 e. The zero-order chi connectivity index (χ0) is 11.5. The number of hydrogen-bond acceptors (Lipinski definition) is 4. The number of aromatic amines is 1. The van der Waals surface area contributed by atoms with Crippen LogP contribution in [-0.2, 0) is 0 Å². The number of nitrogens with one attached hydrogen (secondary N) is 1. The molecule has 0 aliphatic rings. The van der Waals surface area contributed by atoms with Crippen LogP contribution in [0.1, 0.15) is 13.8 Å². The Labute approximate surface area is 89.1 Å². The summed E-state index contributed by atoms with van der Waals surface area (Å²) in [5.74, 6) is 0.494. The molecule has 1 N–H and O–H groups in total. The molecule has 15 heavy (non-hydrogen) atoms. The summed E-state index contributed by atoms with van der Waals surface area (Å²) in [4.78, 5) is 13.0. The van der Waals surface area contributed by atoms with Crippen molar-refractivity contribution in [2.24, 2.45) is 0 Å². The maximum atomic E-state index is 10.9. The van der Waals surface area contributed by atoms with Gasteiger partial charge < -0.3 is 9.64 Å². The molecular formula is C10H17N3O2. The van der Waals surface area contributed by atoms with Gasteiger partial charge in [0.05, 0.1) is 6.20 Å². The van der Waals surface area contributed by atoms with Crippen molar-refractivity contribution in [1.29, 1.82) is 0 Å². The van der Waals surface area contributed by atoms with Crippen molar-refractivity contribution in [3.8, 4) is 5.75 Å². The third-order valence-corrected chi connectivity index (χ3v) is 2.44. The molecule has 0 aromatic carbocycles. The van der Waals surface area contributed by atoms with Crippen LogP contribution in [0, 0.1) is 0 Å². The van der Waals surface area contributed by atoms with Crippen LogP contribution < -0.4 is 10.3 Å². The van der Waals surface area contributed by atoms with Gasteiger partial charge in [-0.3, -0.25) is 4.79 Å². The van der Waals surface area contributed by atoms with Crippen molar-refractivity contribution in [1.82, 2.24) is 15.1 Å². The summed E-state index contributed by atoms with van der Waals surface area (Å²) in [5.41, 5.74) is -0.335. The molecular weight excluding hydrogens is 194 g/mol. The van der Waals surface area contributed by atoms with Crippen molar-refractivity contribution in [3.05, 3.63) is 22.6 Å². The highest BCUT2D eigenvalue weighted by atomic mass is 16.5. The third kappa shape index (κ3) is 3.36. The lowest BCUT2D eigenvalue weighted by Gasteiger charge is -2.31. The van der Waals surface area contributed by atoms with E-state index in [1.807, 2.05) is 14.1 Å². The van der Waals surface area contributed by atoms with E-state index in [9.17, 15) is 4.79 Å². The van der Waals surface area contributed by atoms with E-state index in [1.54, 1.807) is 0 Å². The van der Waals surface area contributed by atoms with Gasteiger partial charge in [0.25, 0.3) is 5.56 Å². The Bertz CT molecular complexity index is 371. The first kappa shape index (κ1) is 11.7. The second-order valence-corrected chi connectivity index (χ2v) is 4.28. The Kier molecular flexibility index (Phi) is 3.47. The van der Waals surface area contributed by atoms with Crippen LogP contribution in [0.15, 0.2) is 17.1 Å². The van der Waals surface area contributed by atoms with Crippen LogP contribution in [0.3, 0.4) is 0 Å². The van der Waals surface area contributed by atoms with Crippen LogP contribution in [0.2, 0.25) is 0 Å². The smallest absolute Gasteiger partial charge is 0.267 e. The molecule has 5 nitrogen and oxygen atoms in total. The lowest BCUT2D eigenvalue weighted by Crippen LogP contribution is -2.43. The quantitative estimate of drug-likeness (QED) is 0.787. The van der Waals surface area contributed by atoms with Crippen molar-refractivity contribution in [3.63, 3.8) is 0 Å². The first-order chi connectivity index (χ1) is 6.92. The van der Waals surface area contributed by atoms with E-state index in [0.717, 1.165) is 0 Å². The number of ether oxygens (including phenoxy) is 1. The van der Waals surface area contributed by atoms with Crippen molar-refractivity contribution in [2.45, 2.75) is 19.4 Å². The Hall–Kier alpha value is -1.36. The number of H-pyrrole nitrogens is 1. The van der Waals surface area contributed by atoms with Gasteiger partial charge in [-0.2, -0.15) is 5.10 Å². The highest BCUT2D eigenvalue weighted by Gasteiger charge is 2.21. The summed E-state index contributed by atoms with van der Waals surface area (Å²) in [6.07, 6.45) is 1.49. The molecule has 0 aliphatic carbocycles. The summed E-state index contributed by atoms with van der Waals surface area (Å²) in [5, 5.41) is 5.95. The monoisotopic (exact) mass is 211 g/mol. The van der Waals surface area contributed by atoms with Gasteiger partial charge in [-0.15, -0.1) is 0 Å². The van der Waals surface area contributed by atoms with Gasteiger partial charge in [-0.25, -0.2) is 5.10 Å². The molecule has 0 amide bonds. The van der Waals surface area contributed by atoms with Gasteiger partial charge in [-0.1, -0.05) is 0 Å². The largest absolute Gasteiger partial charge is 0.490 e. The molecule has 0 unspecified atom stereocenters. The van der Waals surface area contributed by atoms with E-state index in [-0.39, 0.29) is 11.1 Å². The van der Waals surface area contributed by atoms with Gasteiger partial charge in [0.1, 0.15) is 12.4 Å². The van der Waals surface area contributed by atoms with Gasteiger partial charge in [-0.05, 0) is 27.9 Å². The third-order valence-electron chi connectivity index (χ3n) is 2.44. The average Bonchev–Trinajstić information content (AvgIpc) is 2.15. The summed E-state index contributed by atoms with van der Waals surface area (Å²) < 4.78 is 5.49. The number of aromatic nitrogens is 2. The zero-order valence-electron chi connectivity index (χ0n) is 9.57. The fourth-order valence-corrected chi connectivity index (χ4v) is 0.826. The molecule has 0 saturated heterocycles. The SMILES string of the molecule is CN(C)C(C)(C)COc1cn[nH]c(=O)c1. The predicted molar refractivity (Wildman–Crippen MR) is 58.1 cm³/mol. The molecule has 0 atom stereocenters. The first-order valence-electron chi connectivity index (χ1n) is 4.77. The molecule has 1 heterocycles. The molecule has 1 rings (SSSR count). The molecule has 0 fully saturated rings. The van der Waals surface area contributed by atoms with Gasteiger partial charge in [0.2, 0.25) is 0 Å². The molecule has 84 valence electrons. The number of likely N-dealkylation sites (N-methyl/N-ethyl adjacent to an activating group) is 1. The summed E-state index contributed by atoms with van der Waals surface area (Å²) in [6.45, 7) is 4.63. The van der Waals surface area contributed by atoms with E-state index in [1.165, 1.54) is 12.3 Å². The van der Waals surface area contributed by atoms with E-state index in [0.29, 0.717) is 12.4 Å². The van der Waals surface area contributed by atoms with E-state index < -0.39 is 0 Å². The van der Waals surface area contributed by atoms with Crippen molar-refractivity contribution < 1.29 is 4.74 Å². The summed E-state index contributed by atoms with van der Waals surface area (Å²) in [7, 11) is 3.97. The maximum Gasteiger partial charge on any atom is 0.267 e. The normalized spacial score (nSPS) is 11.8. The Morgan fingerprint density at radius 3 is 2.73 bits per heavy atom. The van der Waals surface area contributed by atoms with Crippen LogP contribution in [0.25, 0.3) is 0 Å². The summed E-state index contributed by atoms with van der Waals surface area (Å²) in [6, 6.07) is 1.39. The van der Waals surface area contributed by atoms with E-state index in [4.69, 9.17) is 4.74 Å². The standard InChI is InChI=1S/C10H17N3O2/c1-10(2,13(3)4)7-15-8-5-9(14)12-11-6-8/h5-6H,7H2,1-4H3,(H,12,14). The minimum absolute atomic E-state index is 0.0808. The molecule has 1 aromatic heterocycles. The predicted octanol–water partition coefficient (Wildman–Crippen LogP) is 0.489. The Balaban J connectivity index is 2.61. The van der Waals surface area contributed by atoms with E-state index in [2.05, 4.69) is 28.9 Å². The number of nitrogens with zero attached hydrogens (tertiary/aromatic N) is 2. The lowest BCUT2D eigenvalue weighted by molar-refractivity contribution is 0.113. The second-order valence-electron chi connectivity index (χ2n) is 4.28. The first-order valence-corrected chi connectivity index (χ1v) is 4.77. The number of rotatable bonds is 4. The fourth-order valence-electron chi connectivity index (χ4n) is 0.826. The van der Waals surface area contributed by atoms with Crippen LogP contribution in [0.5, 0.6) is 5.75 Å². The van der Waals surface area contributed by atoms with E-state index >= 15 is 0 Å². The minimum atomic E-state index is -0.254. The summed E-state index contributed by atoms with van der Waals surface area (Å²) >= 11 is 0. The Morgan fingerprint density at radius 1 is 1.53 bits per heavy atom. The van der Waals surface area contributed by atoms with Gasteiger partial charge in [0, 0.05) is 11.6 Å². The molecule has 0 radical (unpaired) electrons. The second kappa shape index (κ2) is 4.44. The highest BCUT2D eigenvalue weighted by Crippen LogP contribution is 2.12. The molecule has 0 aliphatic heterocycles. The topological polar surface area (TPSA) is 58.2 Å². The highest BCUT2D eigenvalue weighted by molar-refractivity contribution is 5.13. The van der Waals surface area contributed by atoms with Crippen LogP contribution in [0.4, 0.5) is 0 Å². The molecule has 0 bridgehead atoms. The number of hydrogen-bond donors (Lipinski definition) is 1. The van der Waals surface area contributed by atoms with Crippen molar-refractivity contribution in [2.75, 3.05) is 20.7 Å². The average molecular weight is 211 g/mol. The van der Waals surface area contributed by atoms with Gasteiger partial charge in [0.15, 0.2) is 0 Å². The molecule has 0 spiro atoms. The van der Waals surface area contributed by atoms with Crippen molar-refractivity contribution >= 4 is 0 Å². The molecule has 5 heteroatoms. The van der Waals surface area contributed by atoms with Crippen LogP contribution in [-0.4, -0.2) is 41.3 Å². The van der Waals surface area contributed by atoms with Gasteiger partial charge >= 0.3 is 0 Å². The molecule has 0 saturated carbocycles. The molecule has 1 aromatic rings. The zero-order valence-corrected chi connectivity index (χ0v) is 9.57. The maximum absolute atomic E-state index is 10.9. The Morgan fingerprint density at radius 2 is 2.20 bits per heavy atom. The lowest BCUT2D eigenvalue weighted by atomic mass is 10.1. The van der Waals surface area contributed by atoms with Crippen LogP contribution >= 0.6 is 0 Å².